The number of ether oxygens (including phenoxy) is 5. The van der Waals surface area contributed by atoms with Gasteiger partial charge in [0.05, 0.1) is 23.9 Å². The second-order valence-corrected chi connectivity index (χ2v) is 13.7. The summed E-state index contributed by atoms with van der Waals surface area (Å²) in [7, 11) is 5.55. The third-order valence-electron chi connectivity index (χ3n) is 10.3. The second-order valence-electron chi connectivity index (χ2n) is 13.7. The average Bonchev–Trinajstić information content (AvgIpc) is 3.40. The molecule has 13 atom stereocenters. The molecule has 42 heavy (non-hydrogen) atoms. The van der Waals surface area contributed by atoms with Crippen molar-refractivity contribution in [2.45, 2.75) is 135 Å². The van der Waals surface area contributed by atoms with Crippen molar-refractivity contribution in [3.63, 3.8) is 0 Å². The summed E-state index contributed by atoms with van der Waals surface area (Å²) in [6.45, 7) is 15.8. The maximum Gasteiger partial charge on any atom is 0.425 e. The van der Waals surface area contributed by atoms with E-state index >= 15 is 0 Å². The molecule has 0 unspecified atom stereocenters. The standard InChI is InChI=1S/C31H53N3O8/c1-12-22-31(8)25-20(6)23(32-34(25)29(37)42-31)18(4)15-30(7,38-11)26(16(2)13-17(3)27(36)40-22)41-28-24(35)21(33(9)10)14-19(5)39-28/h13,16,18-26,28,32,35H,12,14-15H2,1-11H3/b17-13+/t16-,18+,19+,20-,21-,22+,23-,24+,25+,26+,28-,30-,31+/m0/s1. The summed E-state index contributed by atoms with van der Waals surface area (Å²) in [5.74, 6) is -0.740. The fourth-order valence-electron chi connectivity index (χ4n) is 8.02. The number of aliphatic hydroxyl groups is 1. The third-order valence-corrected chi connectivity index (χ3v) is 10.3. The van der Waals surface area contributed by atoms with Gasteiger partial charge in [0.15, 0.2) is 11.9 Å². The fourth-order valence-corrected chi connectivity index (χ4v) is 8.02. The van der Waals surface area contributed by atoms with Gasteiger partial charge in [0.25, 0.3) is 0 Å². The van der Waals surface area contributed by atoms with Crippen molar-refractivity contribution in [1.82, 2.24) is 15.3 Å². The molecule has 3 saturated heterocycles. The van der Waals surface area contributed by atoms with Crippen molar-refractivity contribution in [3.05, 3.63) is 11.6 Å². The normalized spacial score (nSPS) is 48.0. The van der Waals surface area contributed by atoms with Gasteiger partial charge in [0.2, 0.25) is 0 Å². The largest absolute Gasteiger partial charge is 0.455 e. The van der Waals surface area contributed by atoms with E-state index in [0.29, 0.717) is 24.8 Å². The first kappa shape index (κ1) is 33.1. The van der Waals surface area contributed by atoms with Crippen LogP contribution in [0.2, 0.25) is 0 Å². The Morgan fingerprint density at radius 2 is 1.86 bits per heavy atom. The minimum Gasteiger partial charge on any atom is -0.455 e. The predicted molar refractivity (Wildman–Crippen MR) is 156 cm³/mol. The molecule has 3 fully saturated rings. The van der Waals surface area contributed by atoms with Gasteiger partial charge < -0.3 is 33.7 Å². The van der Waals surface area contributed by atoms with Gasteiger partial charge in [-0.1, -0.05) is 33.8 Å². The number of nitrogens with one attached hydrogen (secondary N) is 1. The number of nitrogens with zero attached hydrogens (tertiary/aromatic N) is 2. The molecule has 4 rings (SSSR count). The Morgan fingerprint density at radius 3 is 2.45 bits per heavy atom. The molecule has 0 saturated carbocycles. The van der Waals surface area contributed by atoms with Crippen LogP contribution in [-0.4, -0.2) is 108 Å². The number of likely N-dealkylation sites (N-methyl/N-ethyl adjacent to an activating group) is 1. The highest BCUT2D eigenvalue weighted by atomic mass is 16.7. The van der Waals surface area contributed by atoms with Gasteiger partial charge in [0.1, 0.15) is 12.2 Å². The molecule has 0 aromatic carbocycles. The fraction of sp³-hybridized carbons (Fsp3) is 0.871. The highest BCUT2D eigenvalue weighted by molar-refractivity contribution is 5.88. The molecule has 0 aromatic heterocycles. The summed E-state index contributed by atoms with van der Waals surface area (Å²) >= 11 is 0. The zero-order chi connectivity index (χ0) is 31.3. The van der Waals surface area contributed by atoms with Gasteiger partial charge in [-0.25, -0.2) is 20.0 Å². The molecular formula is C31H53N3O8. The molecular weight excluding hydrogens is 542 g/mol. The number of fused-ring (bicyclic) bond motifs is 1. The number of carbonyl (C=O) groups excluding carboxylic acids is 2. The van der Waals surface area contributed by atoms with E-state index in [1.165, 1.54) is 0 Å². The Kier molecular flexibility index (Phi) is 9.72. The quantitative estimate of drug-likeness (QED) is 0.459. The van der Waals surface area contributed by atoms with E-state index in [9.17, 15) is 14.7 Å². The highest BCUT2D eigenvalue weighted by Gasteiger charge is 2.64. The number of hydrogen-bond donors (Lipinski definition) is 2. The van der Waals surface area contributed by atoms with E-state index in [0.717, 1.165) is 0 Å². The van der Waals surface area contributed by atoms with Crippen LogP contribution in [0.3, 0.4) is 0 Å². The molecule has 240 valence electrons. The van der Waals surface area contributed by atoms with Crippen LogP contribution >= 0.6 is 0 Å². The molecule has 0 radical (unpaired) electrons. The van der Waals surface area contributed by atoms with Gasteiger partial charge in [-0.05, 0) is 72.9 Å². The number of amides is 1. The van der Waals surface area contributed by atoms with Crippen molar-refractivity contribution < 1.29 is 38.4 Å². The number of aliphatic hydroxyl groups excluding tert-OH is 1. The maximum absolute atomic E-state index is 13.5. The average molecular weight is 596 g/mol. The van der Waals surface area contributed by atoms with Crippen molar-refractivity contribution >= 4 is 12.1 Å². The summed E-state index contributed by atoms with van der Waals surface area (Å²) in [6.07, 6.45) is 0.0529. The summed E-state index contributed by atoms with van der Waals surface area (Å²) in [5.41, 5.74) is 2.00. The highest BCUT2D eigenvalue weighted by Crippen LogP contribution is 2.46. The molecule has 4 aliphatic heterocycles. The molecule has 4 heterocycles. The number of hydrogen-bond acceptors (Lipinski definition) is 10. The van der Waals surface area contributed by atoms with E-state index in [1.807, 2.05) is 59.7 Å². The van der Waals surface area contributed by atoms with E-state index in [-0.39, 0.29) is 42.0 Å². The predicted octanol–water partition coefficient (Wildman–Crippen LogP) is 3.25. The van der Waals surface area contributed by atoms with Crippen molar-refractivity contribution in [3.8, 4) is 0 Å². The second kappa shape index (κ2) is 12.3. The smallest absolute Gasteiger partial charge is 0.425 e. The first-order chi connectivity index (χ1) is 19.6. The minimum atomic E-state index is -1.01. The third kappa shape index (κ3) is 5.85. The molecule has 0 spiro atoms. The maximum atomic E-state index is 13.5. The Hall–Kier alpha value is -1.76. The van der Waals surface area contributed by atoms with Crippen LogP contribution in [-0.2, 0) is 28.5 Å². The summed E-state index contributed by atoms with van der Waals surface area (Å²) in [4.78, 5) is 28.6. The van der Waals surface area contributed by atoms with E-state index in [4.69, 9.17) is 23.7 Å². The number of methoxy groups -OCH3 is 1. The number of cyclic esters (lactones) is 1. The molecule has 0 aliphatic carbocycles. The molecule has 0 aromatic rings. The van der Waals surface area contributed by atoms with E-state index in [2.05, 4.69) is 19.3 Å². The van der Waals surface area contributed by atoms with Crippen LogP contribution in [0, 0.1) is 17.8 Å². The molecule has 1 amide bonds. The van der Waals surface area contributed by atoms with Crippen LogP contribution in [0.15, 0.2) is 11.6 Å². The zero-order valence-corrected chi connectivity index (χ0v) is 27.2. The van der Waals surface area contributed by atoms with Crippen LogP contribution in [0.5, 0.6) is 0 Å². The number of carbonyl (C=O) groups is 2. The Bertz CT molecular complexity index is 1040. The van der Waals surface area contributed by atoms with E-state index in [1.54, 1.807) is 19.0 Å². The minimum absolute atomic E-state index is 0.00752. The molecule has 4 aliphatic rings. The van der Waals surface area contributed by atoms with Crippen molar-refractivity contribution in [1.29, 1.82) is 0 Å². The first-order valence-corrected chi connectivity index (χ1v) is 15.5. The first-order valence-electron chi connectivity index (χ1n) is 15.5. The van der Waals surface area contributed by atoms with Crippen LogP contribution in [0.25, 0.3) is 0 Å². The lowest BCUT2D eigenvalue weighted by atomic mass is 9.74. The van der Waals surface area contributed by atoms with Gasteiger partial charge in [-0.3, -0.25) is 0 Å². The SMILES string of the molecule is CC[C@H]1OC(=O)/C(C)=C/[C@H](C)[C@@H](O[C@@H]2O[C@H](C)C[C@H](N(C)C)[C@H]2O)[C@@](C)(OC)C[C@@H](C)[C@@H]2NN3C(=O)O[C@@]1(C)[C@H]3[C@H]2C. The van der Waals surface area contributed by atoms with Gasteiger partial charge in [0, 0.05) is 30.7 Å². The molecule has 2 bridgehead atoms. The Labute approximate surface area is 251 Å². The Balaban J connectivity index is 1.76. The van der Waals surface area contributed by atoms with Crippen molar-refractivity contribution in [2.75, 3.05) is 21.2 Å². The summed E-state index contributed by atoms with van der Waals surface area (Å²) in [6, 6.07) is -0.530. The molecule has 11 heteroatoms. The monoisotopic (exact) mass is 595 g/mol. The van der Waals surface area contributed by atoms with Gasteiger partial charge in [-0.15, -0.1) is 0 Å². The zero-order valence-electron chi connectivity index (χ0n) is 27.2. The summed E-state index contributed by atoms with van der Waals surface area (Å²) < 4.78 is 31.1. The topological polar surface area (TPSA) is 119 Å². The van der Waals surface area contributed by atoms with Gasteiger partial charge in [-0.2, -0.15) is 0 Å². The lowest BCUT2D eigenvalue weighted by molar-refractivity contribution is -0.295. The van der Waals surface area contributed by atoms with Crippen LogP contribution < -0.4 is 5.43 Å². The lowest BCUT2D eigenvalue weighted by Crippen LogP contribution is -2.58. The lowest BCUT2D eigenvalue weighted by Gasteiger charge is -2.47. The van der Waals surface area contributed by atoms with Crippen molar-refractivity contribution in [2.24, 2.45) is 17.8 Å². The van der Waals surface area contributed by atoms with E-state index < -0.39 is 47.9 Å². The van der Waals surface area contributed by atoms with Crippen LogP contribution in [0.4, 0.5) is 4.79 Å². The van der Waals surface area contributed by atoms with Crippen LogP contribution in [0.1, 0.15) is 74.7 Å². The van der Waals surface area contributed by atoms with Gasteiger partial charge >= 0.3 is 12.1 Å². The number of hydrazine groups is 1. The number of rotatable bonds is 5. The summed E-state index contributed by atoms with van der Waals surface area (Å²) in [5, 5.41) is 12.9. The number of esters is 1. The molecule has 11 nitrogen and oxygen atoms in total. The Morgan fingerprint density at radius 1 is 1.19 bits per heavy atom. The molecule has 2 N–H and O–H groups in total.